The summed E-state index contributed by atoms with van der Waals surface area (Å²) in [4.78, 5) is 37.9. The molecule has 0 aromatic carbocycles. The van der Waals surface area contributed by atoms with Crippen molar-refractivity contribution in [3.05, 3.63) is 0 Å². The van der Waals surface area contributed by atoms with Gasteiger partial charge < -0.3 is 29.6 Å². The molecule has 0 aromatic rings. The lowest BCUT2D eigenvalue weighted by Gasteiger charge is -2.31. The Hall–Kier alpha value is 0.220. The third-order valence-electron chi connectivity index (χ3n) is 3.37. The van der Waals surface area contributed by atoms with Crippen molar-refractivity contribution in [1.82, 2.24) is 4.90 Å². The zero-order valence-corrected chi connectivity index (χ0v) is 12.3. The van der Waals surface area contributed by atoms with E-state index in [4.69, 9.17) is 19.6 Å². The largest absolute Gasteiger partial charge is 0.369 e. The Labute approximate surface area is 111 Å². The van der Waals surface area contributed by atoms with Crippen LogP contribution in [0.2, 0.25) is 0 Å². The number of hydrogen-bond donors (Lipinski definition) is 5. The highest BCUT2D eigenvalue weighted by Gasteiger charge is 2.58. The van der Waals surface area contributed by atoms with Crippen molar-refractivity contribution in [2.24, 2.45) is 0 Å². The average Bonchev–Trinajstić information content (AvgIpc) is 2.27. The summed E-state index contributed by atoms with van der Waals surface area (Å²) in [5.74, 6) is 0. The van der Waals surface area contributed by atoms with Crippen molar-refractivity contribution in [1.29, 1.82) is 0 Å². The number of hydrogen-bond acceptors (Lipinski definition) is 4. The molecule has 0 unspecified atom stereocenters. The third kappa shape index (κ3) is 4.34. The topological polar surface area (TPSA) is 139 Å². The van der Waals surface area contributed by atoms with E-state index in [9.17, 15) is 14.2 Å². The first kappa shape index (κ1) is 17.3. The highest BCUT2D eigenvalue weighted by Crippen LogP contribution is 2.69. The van der Waals surface area contributed by atoms with E-state index >= 15 is 0 Å². The highest BCUT2D eigenvalue weighted by molar-refractivity contribution is 7.72. The quantitative estimate of drug-likeness (QED) is 0.440. The summed E-state index contributed by atoms with van der Waals surface area (Å²) >= 11 is 0. The molecule has 1 fully saturated rings. The predicted octanol–water partition coefficient (Wildman–Crippen LogP) is 0.254. The Morgan fingerprint density at radius 2 is 1.42 bits per heavy atom. The minimum atomic E-state index is -5.31. The van der Waals surface area contributed by atoms with Gasteiger partial charge in [0.2, 0.25) is 0 Å². The number of likely N-dealkylation sites (tertiary alicyclic amines) is 1. The molecular weight excluding hydrogens is 296 g/mol. The molecule has 8 nitrogen and oxygen atoms in total. The van der Waals surface area contributed by atoms with E-state index in [1.165, 1.54) is 0 Å². The van der Waals surface area contributed by atoms with E-state index in [0.29, 0.717) is 6.54 Å². The van der Waals surface area contributed by atoms with Gasteiger partial charge in [-0.05, 0) is 38.9 Å². The second kappa shape index (κ2) is 6.33. The van der Waals surface area contributed by atoms with Crippen molar-refractivity contribution >= 4 is 15.2 Å². The van der Waals surface area contributed by atoms with Crippen LogP contribution in [0.4, 0.5) is 0 Å². The third-order valence-corrected chi connectivity index (χ3v) is 7.24. The Kier molecular flexibility index (Phi) is 5.75. The Bertz CT molecular complexity index is 362. The summed E-state index contributed by atoms with van der Waals surface area (Å²) < 4.78 is 22.2. The van der Waals surface area contributed by atoms with Gasteiger partial charge in [0.15, 0.2) is 0 Å². The van der Waals surface area contributed by atoms with Gasteiger partial charge >= 0.3 is 15.2 Å². The maximum atomic E-state index is 11.1. The average molecular weight is 317 g/mol. The van der Waals surface area contributed by atoms with Crippen LogP contribution < -0.4 is 0 Å². The van der Waals surface area contributed by atoms with Crippen molar-refractivity contribution < 1.29 is 33.8 Å². The molecule has 1 heterocycles. The summed E-state index contributed by atoms with van der Waals surface area (Å²) in [6.45, 7) is 2.19. The minimum Gasteiger partial charge on any atom is -0.368 e. The molecule has 1 aliphatic rings. The second-order valence-corrected chi connectivity index (χ2v) is 8.88. The molecule has 0 aliphatic carbocycles. The van der Waals surface area contributed by atoms with Gasteiger partial charge in [-0.25, -0.2) is 0 Å². The van der Waals surface area contributed by atoms with Crippen molar-refractivity contribution in [3.8, 4) is 0 Å². The van der Waals surface area contributed by atoms with Gasteiger partial charge in [0.25, 0.3) is 5.08 Å². The van der Waals surface area contributed by atoms with E-state index in [1.807, 2.05) is 0 Å². The summed E-state index contributed by atoms with van der Waals surface area (Å²) in [6, 6.07) is 0. The first-order chi connectivity index (χ1) is 8.58. The van der Waals surface area contributed by atoms with Gasteiger partial charge in [-0.1, -0.05) is 6.42 Å². The van der Waals surface area contributed by atoms with Gasteiger partial charge in [-0.2, -0.15) is 0 Å². The van der Waals surface area contributed by atoms with Crippen LogP contribution in [0.15, 0.2) is 0 Å². The maximum Gasteiger partial charge on any atom is 0.369 e. The van der Waals surface area contributed by atoms with E-state index in [-0.39, 0.29) is 6.42 Å². The fraction of sp³-hybridized carbons (Fsp3) is 1.00. The number of nitrogens with zero attached hydrogens (tertiary/aromatic N) is 1. The number of piperidine rings is 1. The highest BCUT2D eigenvalue weighted by atomic mass is 31.2. The first-order valence-electron chi connectivity index (χ1n) is 6.14. The van der Waals surface area contributed by atoms with Crippen LogP contribution in [0.5, 0.6) is 0 Å². The van der Waals surface area contributed by atoms with Crippen LogP contribution >= 0.6 is 15.2 Å². The molecule has 114 valence electrons. The van der Waals surface area contributed by atoms with Crippen molar-refractivity contribution in [2.75, 3.05) is 19.6 Å². The minimum absolute atomic E-state index is 0.118. The molecule has 0 aromatic heterocycles. The normalized spacial score (nSPS) is 19.6. The monoisotopic (exact) mass is 317 g/mol. The van der Waals surface area contributed by atoms with Crippen LogP contribution in [0.3, 0.4) is 0 Å². The Morgan fingerprint density at radius 1 is 0.947 bits per heavy atom. The molecule has 0 atom stereocenters. The van der Waals surface area contributed by atoms with E-state index in [2.05, 4.69) is 4.90 Å². The molecule has 0 spiro atoms. The molecule has 0 radical (unpaired) electrons. The first-order valence-corrected chi connectivity index (χ1v) is 9.36. The smallest absolute Gasteiger partial charge is 0.368 e. The molecule has 1 rings (SSSR count). The van der Waals surface area contributed by atoms with Crippen LogP contribution in [0.1, 0.15) is 32.1 Å². The van der Waals surface area contributed by atoms with Gasteiger partial charge in [0.05, 0.1) is 0 Å². The van der Waals surface area contributed by atoms with Crippen molar-refractivity contribution in [2.45, 2.75) is 37.2 Å². The summed E-state index contributed by atoms with van der Waals surface area (Å²) in [6.07, 6.45) is 2.72. The van der Waals surface area contributed by atoms with Crippen LogP contribution in [0.25, 0.3) is 0 Å². The predicted molar refractivity (Wildman–Crippen MR) is 68.6 cm³/mol. The van der Waals surface area contributed by atoms with Gasteiger partial charge in [0, 0.05) is 6.42 Å². The zero-order valence-electron chi connectivity index (χ0n) is 10.6. The summed E-state index contributed by atoms with van der Waals surface area (Å²) in [5.41, 5.74) is 0. The summed E-state index contributed by atoms with van der Waals surface area (Å²) in [7, 11) is -10.6. The number of aliphatic hydroxyl groups is 1. The SMILES string of the molecule is O=P(O)(O)C(O)(CCCN1CCCCC1)P(=O)(O)O. The summed E-state index contributed by atoms with van der Waals surface area (Å²) in [5, 5.41) is 6.40. The number of rotatable bonds is 6. The fourth-order valence-corrected chi connectivity index (χ4v) is 4.44. The zero-order chi connectivity index (χ0) is 14.7. The lowest BCUT2D eigenvalue weighted by molar-refractivity contribution is 0.115. The molecular formula is C9H21NO7P2. The molecule has 10 heteroatoms. The van der Waals surface area contributed by atoms with E-state index < -0.39 is 26.7 Å². The van der Waals surface area contributed by atoms with Crippen LogP contribution in [-0.4, -0.2) is 54.3 Å². The van der Waals surface area contributed by atoms with E-state index in [1.54, 1.807) is 0 Å². The molecule has 0 saturated carbocycles. The standard InChI is InChI=1S/C9H21NO7P2/c11-9(18(12,13)14,19(15,16)17)5-4-8-10-6-2-1-3-7-10/h11H,1-8H2,(H2,12,13,14)(H2,15,16,17). The lowest BCUT2D eigenvalue weighted by Crippen LogP contribution is -2.33. The Balaban J connectivity index is 2.60. The van der Waals surface area contributed by atoms with Crippen molar-refractivity contribution in [3.63, 3.8) is 0 Å². The second-order valence-electron chi connectivity index (χ2n) is 4.87. The molecule has 0 amide bonds. The molecule has 0 bridgehead atoms. The fourth-order valence-electron chi connectivity index (χ4n) is 2.18. The van der Waals surface area contributed by atoms with Gasteiger partial charge in [0.1, 0.15) is 0 Å². The van der Waals surface area contributed by atoms with Crippen LogP contribution in [-0.2, 0) is 9.13 Å². The molecule has 5 N–H and O–H groups in total. The van der Waals surface area contributed by atoms with Gasteiger partial charge in [-0.3, -0.25) is 9.13 Å². The van der Waals surface area contributed by atoms with Crippen LogP contribution in [0, 0.1) is 0 Å². The Morgan fingerprint density at radius 3 is 1.84 bits per heavy atom. The molecule has 1 aliphatic heterocycles. The molecule has 1 saturated heterocycles. The lowest BCUT2D eigenvalue weighted by atomic mass is 10.1. The van der Waals surface area contributed by atoms with Gasteiger partial charge in [-0.15, -0.1) is 0 Å². The maximum absolute atomic E-state index is 11.1. The van der Waals surface area contributed by atoms with E-state index in [0.717, 1.165) is 32.4 Å². The molecule has 19 heavy (non-hydrogen) atoms.